The van der Waals surface area contributed by atoms with Gasteiger partial charge in [-0.1, -0.05) is 48.0 Å². The maximum Gasteiger partial charge on any atom is 0.297 e. The van der Waals surface area contributed by atoms with Crippen LogP contribution in [0.5, 0.6) is 0 Å². The molecule has 1 unspecified atom stereocenters. The second-order valence-corrected chi connectivity index (χ2v) is 7.55. The van der Waals surface area contributed by atoms with Gasteiger partial charge >= 0.3 is 0 Å². The molecule has 0 radical (unpaired) electrons. The molecule has 0 bridgehead atoms. The molecule has 0 saturated carbocycles. The van der Waals surface area contributed by atoms with Crippen LogP contribution < -0.4 is 0 Å². The zero-order valence-corrected chi connectivity index (χ0v) is 16.5. The number of hydrogen-bond donors (Lipinski definition) is 0. The van der Waals surface area contributed by atoms with Crippen molar-refractivity contribution in [2.75, 3.05) is 26.4 Å². The summed E-state index contributed by atoms with van der Waals surface area (Å²) in [7, 11) is -3.75. The van der Waals surface area contributed by atoms with Crippen molar-refractivity contribution < 1.29 is 26.8 Å². The van der Waals surface area contributed by atoms with Crippen molar-refractivity contribution in [3.8, 4) is 0 Å². The molecule has 148 valence electrons. The molecule has 0 N–H and O–H groups in total. The second-order valence-electron chi connectivity index (χ2n) is 5.94. The molecule has 0 saturated heterocycles. The van der Waals surface area contributed by atoms with Crippen LogP contribution in [0.2, 0.25) is 0 Å². The average Bonchev–Trinajstić information content (AvgIpc) is 2.66. The minimum Gasteiger partial charge on any atom is -0.377 e. The van der Waals surface area contributed by atoms with Crippen LogP contribution in [0.25, 0.3) is 0 Å². The molecule has 2 aromatic carbocycles. The van der Waals surface area contributed by atoms with E-state index < -0.39 is 10.1 Å². The Morgan fingerprint density at radius 2 is 1.52 bits per heavy atom. The van der Waals surface area contributed by atoms with E-state index in [9.17, 15) is 8.42 Å². The maximum atomic E-state index is 12.0. The molecule has 0 aliphatic heterocycles. The molecule has 1 atom stereocenters. The smallest absolute Gasteiger partial charge is 0.297 e. The number of rotatable bonds is 12. The number of aryl methyl sites for hydroxylation is 1. The van der Waals surface area contributed by atoms with Crippen LogP contribution in [-0.4, -0.2) is 41.1 Å². The van der Waals surface area contributed by atoms with Crippen LogP contribution in [0.15, 0.2) is 59.5 Å². The van der Waals surface area contributed by atoms with E-state index >= 15 is 0 Å². The predicted octanol–water partition coefficient (Wildman–Crippen LogP) is 3.30. The van der Waals surface area contributed by atoms with Gasteiger partial charge in [0.05, 0.1) is 37.9 Å². The second kappa shape index (κ2) is 11.2. The van der Waals surface area contributed by atoms with Crippen molar-refractivity contribution in [2.45, 2.75) is 31.6 Å². The van der Waals surface area contributed by atoms with Crippen LogP contribution in [0.4, 0.5) is 0 Å². The average molecular weight is 394 g/mol. The van der Waals surface area contributed by atoms with E-state index in [4.69, 9.17) is 18.4 Å². The largest absolute Gasteiger partial charge is 0.377 e. The summed E-state index contributed by atoms with van der Waals surface area (Å²) in [5.41, 5.74) is 2.07. The van der Waals surface area contributed by atoms with E-state index in [0.29, 0.717) is 19.8 Å². The molecule has 6 nitrogen and oxygen atoms in total. The van der Waals surface area contributed by atoms with Crippen LogP contribution in [0, 0.1) is 6.92 Å². The van der Waals surface area contributed by atoms with Crippen molar-refractivity contribution in [1.29, 1.82) is 0 Å². The summed E-state index contributed by atoms with van der Waals surface area (Å²) in [6.07, 6.45) is -0.355. The fraction of sp³-hybridized carbons (Fsp3) is 0.400. The highest BCUT2D eigenvalue weighted by Crippen LogP contribution is 2.13. The standard InChI is InChI=1S/C20H26O6S/c1-17-8-10-20(11-9-17)27(21,22)26-15-13-23-12-14-24-18(2)25-16-19-6-4-3-5-7-19/h3-11,18H,12-16H2,1-2H3. The van der Waals surface area contributed by atoms with E-state index in [1.54, 1.807) is 12.1 Å². The predicted molar refractivity (Wildman–Crippen MR) is 102 cm³/mol. The fourth-order valence-corrected chi connectivity index (χ4v) is 3.08. The van der Waals surface area contributed by atoms with Gasteiger partial charge in [0.25, 0.3) is 10.1 Å². The lowest BCUT2D eigenvalue weighted by molar-refractivity contribution is -0.146. The third-order valence-corrected chi connectivity index (χ3v) is 5.01. The molecule has 0 aliphatic carbocycles. The van der Waals surface area contributed by atoms with Crippen molar-refractivity contribution in [1.82, 2.24) is 0 Å². The van der Waals surface area contributed by atoms with Crippen LogP contribution >= 0.6 is 0 Å². The summed E-state index contributed by atoms with van der Waals surface area (Å²) in [5.74, 6) is 0. The molecule has 2 rings (SSSR count). The topological polar surface area (TPSA) is 71.1 Å². The number of hydrogen-bond acceptors (Lipinski definition) is 6. The van der Waals surface area contributed by atoms with Crippen LogP contribution in [0.1, 0.15) is 18.1 Å². The van der Waals surface area contributed by atoms with Crippen LogP contribution in [0.3, 0.4) is 0 Å². The molecular formula is C20H26O6S. The Labute approximate surface area is 161 Å². The Morgan fingerprint density at radius 3 is 2.22 bits per heavy atom. The zero-order chi connectivity index (χ0) is 19.5. The molecule has 0 fully saturated rings. The zero-order valence-electron chi connectivity index (χ0n) is 15.7. The molecule has 0 aliphatic rings. The highest BCUT2D eigenvalue weighted by Gasteiger charge is 2.14. The Balaban J connectivity index is 1.53. The maximum absolute atomic E-state index is 12.0. The summed E-state index contributed by atoms with van der Waals surface area (Å²) >= 11 is 0. The van der Waals surface area contributed by atoms with Gasteiger partial charge in [-0.05, 0) is 31.5 Å². The summed E-state index contributed by atoms with van der Waals surface area (Å²) in [6.45, 7) is 4.98. The summed E-state index contributed by atoms with van der Waals surface area (Å²) in [4.78, 5) is 0.140. The van der Waals surface area contributed by atoms with Gasteiger partial charge < -0.3 is 14.2 Å². The number of benzene rings is 2. The monoisotopic (exact) mass is 394 g/mol. The van der Waals surface area contributed by atoms with E-state index in [0.717, 1.165) is 11.1 Å². The molecule has 27 heavy (non-hydrogen) atoms. The lowest BCUT2D eigenvalue weighted by Crippen LogP contribution is -2.18. The Morgan fingerprint density at radius 1 is 0.852 bits per heavy atom. The third kappa shape index (κ3) is 8.19. The van der Waals surface area contributed by atoms with Crippen molar-refractivity contribution >= 4 is 10.1 Å². The van der Waals surface area contributed by atoms with Gasteiger partial charge in [-0.2, -0.15) is 8.42 Å². The van der Waals surface area contributed by atoms with Gasteiger partial charge in [-0.25, -0.2) is 0 Å². The first-order valence-corrected chi connectivity index (χ1v) is 10.2. The summed E-state index contributed by atoms with van der Waals surface area (Å²) in [5, 5.41) is 0. The lowest BCUT2D eigenvalue weighted by atomic mass is 10.2. The Bertz CT molecular complexity index is 759. The molecule has 0 amide bonds. The molecular weight excluding hydrogens is 368 g/mol. The minimum absolute atomic E-state index is 0.0454. The quantitative estimate of drug-likeness (QED) is 0.313. The molecule has 7 heteroatoms. The fourth-order valence-electron chi connectivity index (χ4n) is 2.19. The summed E-state index contributed by atoms with van der Waals surface area (Å²) < 4.78 is 45.3. The van der Waals surface area contributed by atoms with Crippen molar-refractivity contribution in [2.24, 2.45) is 0 Å². The normalized spacial score (nSPS) is 12.8. The SMILES string of the molecule is Cc1ccc(S(=O)(=O)OCCOCCOC(C)OCc2ccccc2)cc1. The van der Waals surface area contributed by atoms with Gasteiger partial charge in [-0.3, -0.25) is 4.18 Å². The third-order valence-electron chi connectivity index (χ3n) is 3.68. The first kappa shape index (κ1) is 21.5. The van der Waals surface area contributed by atoms with Gasteiger partial charge in [0.15, 0.2) is 6.29 Å². The molecule has 0 heterocycles. The molecule has 0 aromatic heterocycles. The Hall–Kier alpha value is -1.77. The molecule has 0 spiro atoms. The van der Waals surface area contributed by atoms with Gasteiger partial charge in [0.1, 0.15) is 0 Å². The van der Waals surface area contributed by atoms with Gasteiger partial charge in [0, 0.05) is 0 Å². The van der Waals surface area contributed by atoms with Gasteiger partial charge in [0.2, 0.25) is 0 Å². The lowest BCUT2D eigenvalue weighted by Gasteiger charge is -2.14. The first-order valence-electron chi connectivity index (χ1n) is 8.78. The van der Waals surface area contributed by atoms with E-state index in [2.05, 4.69) is 0 Å². The summed E-state index contributed by atoms with van der Waals surface area (Å²) in [6, 6.07) is 16.3. The van der Waals surface area contributed by atoms with Crippen molar-refractivity contribution in [3.05, 3.63) is 65.7 Å². The first-order chi connectivity index (χ1) is 13.0. The number of ether oxygens (including phenoxy) is 3. The minimum atomic E-state index is -3.75. The highest BCUT2D eigenvalue weighted by molar-refractivity contribution is 7.86. The highest BCUT2D eigenvalue weighted by atomic mass is 32.2. The van der Waals surface area contributed by atoms with Gasteiger partial charge in [-0.15, -0.1) is 0 Å². The van der Waals surface area contributed by atoms with Crippen LogP contribution in [-0.2, 0) is 35.1 Å². The van der Waals surface area contributed by atoms with Crippen molar-refractivity contribution in [3.63, 3.8) is 0 Å². The van der Waals surface area contributed by atoms with E-state index in [1.807, 2.05) is 44.2 Å². The molecule has 2 aromatic rings. The Kier molecular flexibility index (Phi) is 8.90. The van der Waals surface area contributed by atoms with E-state index in [-0.39, 0.29) is 24.4 Å². The van der Waals surface area contributed by atoms with E-state index in [1.165, 1.54) is 12.1 Å².